The van der Waals surface area contributed by atoms with Crippen molar-refractivity contribution in [2.45, 2.75) is 51.5 Å². The lowest BCUT2D eigenvalue weighted by Crippen LogP contribution is -2.61. The minimum atomic E-state index is -0.710. The van der Waals surface area contributed by atoms with Gasteiger partial charge in [-0.2, -0.15) is 0 Å². The molecule has 0 bridgehead atoms. The van der Waals surface area contributed by atoms with Crippen molar-refractivity contribution in [2.24, 2.45) is 11.8 Å². The fraction of sp³-hybridized carbons (Fsp3) is 0.933. The van der Waals surface area contributed by atoms with Gasteiger partial charge in [-0.15, -0.1) is 0 Å². The topological polar surface area (TPSA) is 52.6 Å². The Bertz CT molecular complexity index is 313. The lowest BCUT2D eigenvalue weighted by molar-refractivity contribution is -0.147. The summed E-state index contributed by atoms with van der Waals surface area (Å²) in [4.78, 5) is 14.2. The van der Waals surface area contributed by atoms with Crippen LogP contribution in [0.3, 0.4) is 0 Å². The SMILES string of the molecule is CCCN(CC1CC1)CC(NCC)(C(=O)O)C1CC1. The fourth-order valence-corrected chi connectivity index (χ4v) is 3.11. The first-order valence-corrected chi connectivity index (χ1v) is 7.83. The second-order valence-corrected chi connectivity index (χ2v) is 6.26. The Labute approximate surface area is 116 Å². The summed E-state index contributed by atoms with van der Waals surface area (Å²) in [6.45, 7) is 7.68. The molecule has 4 heteroatoms. The molecule has 0 aliphatic heterocycles. The van der Waals surface area contributed by atoms with E-state index < -0.39 is 11.5 Å². The van der Waals surface area contributed by atoms with Crippen LogP contribution in [0.5, 0.6) is 0 Å². The van der Waals surface area contributed by atoms with Crippen LogP contribution < -0.4 is 5.32 Å². The van der Waals surface area contributed by atoms with E-state index in [1.807, 2.05) is 6.92 Å². The molecule has 0 amide bonds. The third-order valence-electron chi connectivity index (χ3n) is 4.37. The van der Waals surface area contributed by atoms with Crippen LogP contribution in [0.1, 0.15) is 46.0 Å². The highest BCUT2D eigenvalue weighted by Gasteiger charge is 2.51. The predicted octanol–water partition coefficient (Wildman–Crippen LogP) is 1.95. The number of hydrogen-bond donors (Lipinski definition) is 2. The summed E-state index contributed by atoms with van der Waals surface area (Å²) in [6, 6.07) is 0. The van der Waals surface area contributed by atoms with Gasteiger partial charge in [-0.1, -0.05) is 13.8 Å². The second-order valence-electron chi connectivity index (χ2n) is 6.26. The Hall–Kier alpha value is -0.610. The molecule has 2 fully saturated rings. The molecule has 2 aliphatic rings. The van der Waals surface area contributed by atoms with E-state index in [1.54, 1.807) is 0 Å². The van der Waals surface area contributed by atoms with Crippen LogP contribution in [0, 0.1) is 11.8 Å². The van der Waals surface area contributed by atoms with Crippen molar-refractivity contribution in [2.75, 3.05) is 26.2 Å². The third-order valence-corrected chi connectivity index (χ3v) is 4.37. The molecule has 2 saturated carbocycles. The molecule has 0 saturated heterocycles. The van der Waals surface area contributed by atoms with Crippen LogP contribution >= 0.6 is 0 Å². The van der Waals surface area contributed by atoms with Crippen molar-refractivity contribution in [3.8, 4) is 0 Å². The van der Waals surface area contributed by atoms with Crippen molar-refractivity contribution in [1.82, 2.24) is 10.2 Å². The lowest BCUT2D eigenvalue weighted by Gasteiger charge is -2.36. The molecule has 110 valence electrons. The van der Waals surface area contributed by atoms with E-state index in [0.29, 0.717) is 12.5 Å². The van der Waals surface area contributed by atoms with Crippen LogP contribution in [0.15, 0.2) is 0 Å². The first-order chi connectivity index (χ1) is 9.12. The summed E-state index contributed by atoms with van der Waals surface area (Å²) < 4.78 is 0. The van der Waals surface area contributed by atoms with Crippen LogP contribution in [0.4, 0.5) is 0 Å². The van der Waals surface area contributed by atoms with Crippen LogP contribution in [-0.2, 0) is 4.79 Å². The van der Waals surface area contributed by atoms with Gasteiger partial charge in [-0.25, -0.2) is 0 Å². The largest absolute Gasteiger partial charge is 0.480 e. The molecule has 0 aromatic rings. The Balaban J connectivity index is 2.04. The molecular formula is C15H28N2O2. The molecule has 0 aromatic carbocycles. The average Bonchev–Trinajstić information content (AvgIpc) is 3.22. The molecular weight excluding hydrogens is 240 g/mol. The number of nitrogens with zero attached hydrogens (tertiary/aromatic N) is 1. The number of carboxylic acid groups (broad SMARTS) is 1. The third kappa shape index (κ3) is 3.69. The van der Waals surface area contributed by atoms with Gasteiger partial charge in [0.05, 0.1) is 0 Å². The minimum Gasteiger partial charge on any atom is -0.480 e. The summed E-state index contributed by atoms with van der Waals surface area (Å²) in [5, 5.41) is 13.0. The first kappa shape index (κ1) is 14.8. The van der Waals surface area contributed by atoms with E-state index in [-0.39, 0.29) is 0 Å². The van der Waals surface area contributed by atoms with Gasteiger partial charge in [0.1, 0.15) is 5.54 Å². The van der Waals surface area contributed by atoms with Crippen molar-refractivity contribution >= 4 is 5.97 Å². The maximum atomic E-state index is 11.8. The molecule has 0 radical (unpaired) electrons. The predicted molar refractivity (Wildman–Crippen MR) is 76.2 cm³/mol. The summed E-state index contributed by atoms with van der Waals surface area (Å²) in [6.07, 6.45) is 5.86. The number of likely N-dealkylation sites (N-methyl/N-ethyl adjacent to an activating group) is 1. The maximum absolute atomic E-state index is 11.8. The van der Waals surface area contributed by atoms with E-state index in [9.17, 15) is 9.90 Å². The van der Waals surface area contributed by atoms with E-state index in [2.05, 4.69) is 17.1 Å². The Morgan fingerprint density at radius 3 is 2.42 bits per heavy atom. The lowest BCUT2D eigenvalue weighted by atomic mass is 9.92. The molecule has 0 heterocycles. The summed E-state index contributed by atoms with van der Waals surface area (Å²) in [7, 11) is 0. The number of aliphatic carboxylic acids is 1. The highest BCUT2D eigenvalue weighted by Crippen LogP contribution is 2.41. The van der Waals surface area contributed by atoms with E-state index in [4.69, 9.17) is 0 Å². The minimum absolute atomic E-state index is 0.323. The van der Waals surface area contributed by atoms with Crippen molar-refractivity contribution in [3.63, 3.8) is 0 Å². The fourth-order valence-electron chi connectivity index (χ4n) is 3.11. The number of carboxylic acids is 1. The molecule has 1 unspecified atom stereocenters. The number of carbonyl (C=O) groups is 1. The Kier molecular flexibility index (Phi) is 4.85. The van der Waals surface area contributed by atoms with E-state index in [0.717, 1.165) is 44.8 Å². The number of nitrogens with one attached hydrogen (secondary N) is 1. The van der Waals surface area contributed by atoms with E-state index in [1.165, 1.54) is 12.8 Å². The molecule has 2 N–H and O–H groups in total. The number of rotatable bonds is 10. The highest BCUT2D eigenvalue weighted by atomic mass is 16.4. The summed E-state index contributed by atoms with van der Waals surface area (Å²) in [5.74, 6) is 0.483. The monoisotopic (exact) mass is 268 g/mol. The van der Waals surface area contributed by atoms with Gasteiger partial charge in [0.2, 0.25) is 0 Å². The van der Waals surface area contributed by atoms with Gasteiger partial charge in [0.25, 0.3) is 0 Å². The first-order valence-electron chi connectivity index (χ1n) is 7.83. The van der Waals surface area contributed by atoms with E-state index >= 15 is 0 Å². The van der Waals surface area contributed by atoms with Crippen LogP contribution in [0.2, 0.25) is 0 Å². The average molecular weight is 268 g/mol. The quantitative estimate of drug-likeness (QED) is 0.636. The van der Waals surface area contributed by atoms with Crippen molar-refractivity contribution in [3.05, 3.63) is 0 Å². The van der Waals surface area contributed by atoms with Gasteiger partial charge in [0, 0.05) is 13.1 Å². The van der Waals surface area contributed by atoms with Crippen molar-refractivity contribution < 1.29 is 9.90 Å². The molecule has 0 spiro atoms. The molecule has 1 atom stereocenters. The standard InChI is InChI=1S/C15H28N2O2/c1-3-9-17(10-12-5-6-12)11-15(14(18)19,16-4-2)13-7-8-13/h12-13,16H,3-11H2,1-2H3,(H,18,19). The normalized spacial score (nSPS) is 22.5. The number of hydrogen-bond acceptors (Lipinski definition) is 3. The van der Waals surface area contributed by atoms with Gasteiger partial charge in [-0.3, -0.25) is 4.79 Å². The second kappa shape index (κ2) is 6.23. The summed E-state index contributed by atoms with van der Waals surface area (Å²) in [5.41, 5.74) is -0.710. The molecule has 0 aromatic heterocycles. The zero-order valence-electron chi connectivity index (χ0n) is 12.3. The van der Waals surface area contributed by atoms with Crippen molar-refractivity contribution in [1.29, 1.82) is 0 Å². The van der Waals surface area contributed by atoms with Crippen LogP contribution in [0.25, 0.3) is 0 Å². The van der Waals surface area contributed by atoms with Gasteiger partial charge < -0.3 is 15.3 Å². The smallest absolute Gasteiger partial charge is 0.325 e. The van der Waals surface area contributed by atoms with Crippen LogP contribution in [-0.4, -0.2) is 47.7 Å². The Morgan fingerprint density at radius 2 is 2.00 bits per heavy atom. The molecule has 2 rings (SSSR count). The maximum Gasteiger partial charge on any atom is 0.325 e. The zero-order chi connectivity index (χ0) is 13.9. The highest BCUT2D eigenvalue weighted by molar-refractivity contribution is 5.80. The molecule has 4 nitrogen and oxygen atoms in total. The van der Waals surface area contributed by atoms with Gasteiger partial charge in [-0.05, 0) is 57.0 Å². The Morgan fingerprint density at radius 1 is 1.32 bits per heavy atom. The summed E-state index contributed by atoms with van der Waals surface area (Å²) >= 11 is 0. The molecule has 19 heavy (non-hydrogen) atoms. The molecule has 2 aliphatic carbocycles. The van der Waals surface area contributed by atoms with Gasteiger partial charge >= 0.3 is 5.97 Å². The zero-order valence-corrected chi connectivity index (χ0v) is 12.3. The van der Waals surface area contributed by atoms with Gasteiger partial charge in [0.15, 0.2) is 0 Å².